The average molecular weight is 311 g/mol. The smallest absolute Gasteiger partial charge is 0.306 e. The number of hydrogen-bond donors (Lipinski definition) is 0. The van der Waals surface area contributed by atoms with Crippen LogP contribution >= 0.6 is 0 Å². The largest absolute Gasteiger partial charge is 0.461 e. The van der Waals surface area contributed by atoms with Crippen LogP contribution in [0, 0.1) is 0 Å². The van der Waals surface area contributed by atoms with Gasteiger partial charge in [-0.15, -0.1) is 0 Å². The van der Waals surface area contributed by atoms with Crippen LogP contribution in [0.1, 0.15) is 26.2 Å². The van der Waals surface area contributed by atoms with E-state index in [0.717, 1.165) is 11.7 Å². The summed E-state index contributed by atoms with van der Waals surface area (Å²) in [5.41, 5.74) is 0. The number of carbonyl (C=O) groups excluding carboxylic acids is 1. The fourth-order valence-electron chi connectivity index (χ4n) is 2.33. The van der Waals surface area contributed by atoms with E-state index in [4.69, 9.17) is 4.74 Å². The monoisotopic (exact) mass is 311 g/mol. The van der Waals surface area contributed by atoms with Gasteiger partial charge in [-0.2, -0.15) is 9.98 Å². The lowest BCUT2D eigenvalue weighted by Gasteiger charge is -2.30. The lowest BCUT2D eigenvalue weighted by atomic mass is 10.2. The molecular formula is C16H17N5O2. The van der Waals surface area contributed by atoms with Crippen molar-refractivity contribution < 1.29 is 9.53 Å². The molecule has 7 nitrogen and oxygen atoms in total. The van der Waals surface area contributed by atoms with Gasteiger partial charge < -0.3 is 4.74 Å². The second-order valence-electron chi connectivity index (χ2n) is 5.11. The fourth-order valence-corrected chi connectivity index (χ4v) is 2.33. The molecule has 0 radical (unpaired) electrons. The van der Waals surface area contributed by atoms with Crippen LogP contribution in [0.25, 0.3) is 0 Å². The highest BCUT2D eigenvalue weighted by atomic mass is 16.5. The van der Waals surface area contributed by atoms with Crippen molar-refractivity contribution in [3.05, 3.63) is 36.7 Å². The molecule has 0 aromatic rings. The molecule has 0 unspecified atom stereocenters. The quantitative estimate of drug-likeness (QED) is 0.557. The second kappa shape index (κ2) is 6.51. The van der Waals surface area contributed by atoms with Crippen LogP contribution in [-0.4, -0.2) is 40.9 Å². The molecule has 0 N–H and O–H groups in total. The molecule has 7 heteroatoms. The van der Waals surface area contributed by atoms with Crippen LogP contribution < -0.4 is 0 Å². The molecule has 3 heterocycles. The van der Waals surface area contributed by atoms with Gasteiger partial charge in [0, 0.05) is 12.8 Å². The predicted molar refractivity (Wildman–Crippen MR) is 89.5 cm³/mol. The summed E-state index contributed by atoms with van der Waals surface area (Å²) >= 11 is 0. The zero-order chi connectivity index (χ0) is 16.2. The molecule has 0 saturated carbocycles. The number of ether oxygens (including phenoxy) is 1. The number of rotatable bonds is 6. The van der Waals surface area contributed by atoms with Gasteiger partial charge in [0.15, 0.2) is 0 Å². The Morgan fingerprint density at radius 1 is 1.35 bits per heavy atom. The van der Waals surface area contributed by atoms with Crippen LogP contribution in [0.4, 0.5) is 0 Å². The van der Waals surface area contributed by atoms with Gasteiger partial charge in [0.1, 0.15) is 29.9 Å². The van der Waals surface area contributed by atoms with Gasteiger partial charge >= 0.3 is 5.97 Å². The van der Waals surface area contributed by atoms with E-state index in [1.807, 2.05) is 30.1 Å². The Bertz CT molecular complexity index is 725. The van der Waals surface area contributed by atoms with Crippen molar-refractivity contribution in [3.63, 3.8) is 0 Å². The molecule has 3 rings (SSSR count). The number of guanidine groups is 1. The standard InChI is InChI=1S/C16H17N5O2/c1-3-10-23-15(22)9-4-6-12-19-14-8-5-7-13-17-11(2)18-16(20-12)21(13)14/h3,5,7-8H,1,4,6,9-10H2,2H3. The first-order valence-corrected chi connectivity index (χ1v) is 7.42. The molecule has 3 aliphatic heterocycles. The van der Waals surface area contributed by atoms with Gasteiger partial charge in [0.05, 0.1) is 0 Å². The van der Waals surface area contributed by atoms with Crippen molar-refractivity contribution in [3.8, 4) is 0 Å². The maximum absolute atomic E-state index is 11.5. The summed E-state index contributed by atoms with van der Waals surface area (Å²) in [6, 6.07) is 0. The SMILES string of the molecule is C=CCOC(=O)CCCC1=NC2=CC=CC3=NC(C)=NC(=N1)N23. The van der Waals surface area contributed by atoms with E-state index in [9.17, 15) is 4.79 Å². The Kier molecular flexibility index (Phi) is 4.27. The summed E-state index contributed by atoms with van der Waals surface area (Å²) in [5, 5.41) is 0. The maximum atomic E-state index is 11.5. The number of carbonyl (C=O) groups is 1. The van der Waals surface area contributed by atoms with Gasteiger partial charge in [0.2, 0.25) is 5.96 Å². The van der Waals surface area contributed by atoms with Gasteiger partial charge in [-0.1, -0.05) is 18.7 Å². The normalized spacial score (nSPS) is 18.1. The van der Waals surface area contributed by atoms with Crippen LogP contribution in [0.15, 0.2) is 56.7 Å². The third kappa shape index (κ3) is 3.33. The van der Waals surface area contributed by atoms with Gasteiger partial charge in [-0.3, -0.25) is 4.79 Å². The third-order valence-electron chi connectivity index (χ3n) is 3.30. The van der Waals surface area contributed by atoms with E-state index in [-0.39, 0.29) is 12.6 Å². The summed E-state index contributed by atoms with van der Waals surface area (Å²) in [7, 11) is 0. The van der Waals surface area contributed by atoms with E-state index < -0.39 is 0 Å². The van der Waals surface area contributed by atoms with E-state index >= 15 is 0 Å². The fraction of sp³-hybridized carbons (Fsp3) is 0.312. The minimum absolute atomic E-state index is 0.239. The number of esters is 1. The maximum Gasteiger partial charge on any atom is 0.306 e. The zero-order valence-electron chi connectivity index (χ0n) is 12.9. The molecule has 0 spiro atoms. The van der Waals surface area contributed by atoms with Crippen LogP contribution in [-0.2, 0) is 9.53 Å². The van der Waals surface area contributed by atoms with Crippen LogP contribution in [0.3, 0.4) is 0 Å². The third-order valence-corrected chi connectivity index (χ3v) is 3.30. The molecule has 0 saturated heterocycles. The molecule has 0 aromatic heterocycles. The topological polar surface area (TPSA) is 79.0 Å². The molecule has 118 valence electrons. The van der Waals surface area contributed by atoms with E-state index in [0.29, 0.717) is 36.9 Å². The Morgan fingerprint density at radius 2 is 2.22 bits per heavy atom. The number of aliphatic imine (C=N–C) groups is 4. The van der Waals surface area contributed by atoms with E-state index in [1.165, 1.54) is 0 Å². The van der Waals surface area contributed by atoms with Gasteiger partial charge in [0.25, 0.3) is 0 Å². The molecule has 0 bridgehead atoms. The zero-order valence-corrected chi connectivity index (χ0v) is 12.9. The first-order valence-electron chi connectivity index (χ1n) is 7.42. The number of allylic oxidation sites excluding steroid dienone is 2. The number of amidine groups is 3. The first kappa shape index (κ1) is 15.1. The Morgan fingerprint density at radius 3 is 3.04 bits per heavy atom. The van der Waals surface area contributed by atoms with E-state index in [1.54, 1.807) is 6.08 Å². The molecule has 0 amide bonds. The van der Waals surface area contributed by atoms with Crippen molar-refractivity contribution in [1.29, 1.82) is 0 Å². The molecule has 0 atom stereocenters. The van der Waals surface area contributed by atoms with Gasteiger partial charge in [-0.05, 0) is 25.5 Å². The molecule has 23 heavy (non-hydrogen) atoms. The highest BCUT2D eigenvalue weighted by Gasteiger charge is 2.29. The summed E-state index contributed by atoms with van der Waals surface area (Å²) in [6.07, 6.45) is 8.78. The second-order valence-corrected chi connectivity index (χ2v) is 5.11. The first-order chi connectivity index (χ1) is 11.2. The molecule has 3 aliphatic rings. The summed E-state index contributed by atoms with van der Waals surface area (Å²) < 4.78 is 4.95. The molecule has 0 aliphatic carbocycles. The predicted octanol–water partition coefficient (Wildman–Crippen LogP) is 2.20. The van der Waals surface area contributed by atoms with Crippen LogP contribution in [0.2, 0.25) is 0 Å². The minimum Gasteiger partial charge on any atom is -0.461 e. The average Bonchev–Trinajstić information content (AvgIpc) is 2.52. The van der Waals surface area contributed by atoms with Crippen LogP contribution in [0.5, 0.6) is 0 Å². The van der Waals surface area contributed by atoms with Crippen molar-refractivity contribution in [1.82, 2.24) is 4.90 Å². The highest BCUT2D eigenvalue weighted by Crippen LogP contribution is 2.23. The highest BCUT2D eigenvalue weighted by molar-refractivity contribution is 6.20. The Labute approximate surface area is 134 Å². The summed E-state index contributed by atoms with van der Waals surface area (Å²) in [5.74, 6) is 3.17. The lowest BCUT2D eigenvalue weighted by Crippen LogP contribution is -2.41. The number of nitrogens with zero attached hydrogens (tertiary/aromatic N) is 5. The van der Waals surface area contributed by atoms with Crippen molar-refractivity contribution in [2.75, 3.05) is 6.61 Å². The number of hydrogen-bond acceptors (Lipinski definition) is 7. The lowest BCUT2D eigenvalue weighted by molar-refractivity contribution is -0.142. The Balaban J connectivity index is 1.67. The molecule has 0 aromatic carbocycles. The van der Waals surface area contributed by atoms with Crippen molar-refractivity contribution in [2.45, 2.75) is 26.2 Å². The van der Waals surface area contributed by atoms with Crippen molar-refractivity contribution >= 4 is 29.4 Å². The van der Waals surface area contributed by atoms with Crippen molar-refractivity contribution in [2.24, 2.45) is 20.0 Å². The summed E-state index contributed by atoms with van der Waals surface area (Å²) in [6.45, 7) is 5.58. The molecule has 0 fully saturated rings. The molecular weight excluding hydrogens is 294 g/mol. The minimum atomic E-state index is -0.239. The van der Waals surface area contributed by atoms with E-state index in [2.05, 4.69) is 26.5 Å². The summed E-state index contributed by atoms with van der Waals surface area (Å²) in [4.78, 5) is 31.0. The Hall–Kier alpha value is -2.83. The van der Waals surface area contributed by atoms with Gasteiger partial charge in [-0.25, -0.2) is 14.9 Å².